The Morgan fingerprint density at radius 1 is 1.19 bits per heavy atom. The van der Waals surface area contributed by atoms with E-state index in [-0.39, 0.29) is 12.2 Å². The fourth-order valence-electron chi connectivity index (χ4n) is 2.95. The predicted octanol–water partition coefficient (Wildman–Crippen LogP) is 4.39. The molecule has 0 aliphatic carbocycles. The highest BCUT2D eigenvalue weighted by Gasteiger charge is 2.31. The van der Waals surface area contributed by atoms with E-state index < -0.39 is 17.8 Å². The van der Waals surface area contributed by atoms with Gasteiger partial charge in [-0.05, 0) is 57.4 Å². The third-order valence-corrected chi connectivity index (χ3v) is 4.56. The number of hydrogen-bond acceptors (Lipinski definition) is 4. The van der Waals surface area contributed by atoms with Crippen LogP contribution >= 0.6 is 0 Å². The Balaban J connectivity index is 1.90. The molecular formula is C21H24F3N5O2. The number of halogens is 3. The van der Waals surface area contributed by atoms with Crippen molar-refractivity contribution in [3.63, 3.8) is 0 Å². The summed E-state index contributed by atoms with van der Waals surface area (Å²) in [5.41, 5.74) is -0.526. The third-order valence-electron chi connectivity index (χ3n) is 4.56. The maximum Gasteiger partial charge on any atom is 0.416 e. The molecule has 0 spiro atoms. The molecule has 0 fully saturated rings. The number of amides is 2. The van der Waals surface area contributed by atoms with Gasteiger partial charge in [0.1, 0.15) is 11.5 Å². The number of urea groups is 1. The number of rotatable bonds is 7. The molecule has 0 radical (unpaired) electrons. The fourth-order valence-corrected chi connectivity index (χ4v) is 2.95. The average molecular weight is 435 g/mol. The van der Waals surface area contributed by atoms with Crippen molar-refractivity contribution in [1.29, 1.82) is 0 Å². The zero-order chi connectivity index (χ0) is 22.6. The predicted molar refractivity (Wildman–Crippen MR) is 110 cm³/mol. The number of furan rings is 1. The molecule has 2 aromatic heterocycles. The normalized spacial score (nSPS) is 11.7. The van der Waals surface area contributed by atoms with Gasteiger partial charge in [-0.15, -0.1) is 0 Å². The van der Waals surface area contributed by atoms with Crippen LogP contribution in [0.15, 0.2) is 53.2 Å². The minimum atomic E-state index is -4.54. The quantitative estimate of drug-likeness (QED) is 0.598. The van der Waals surface area contributed by atoms with Crippen LogP contribution in [0.25, 0.3) is 5.69 Å². The van der Waals surface area contributed by atoms with E-state index in [9.17, 15) is 18.0 Å². The van der Waals surface area contributed by atoms with Gasteiger partial charge >= 0.3 is 12.2 Å². The van der Waals surface area contributed by atoms with Crippen molar-refractivity contribution in [1.82, 2.24) is 19.6 Å². The van der Waals surface area contributed by atoms with E-state index in [1.54, 1.807) is 31.3 Å². The van der Waals surface area contributed by atoms with Crippen LogP contribution in [0.5, 0.6) is 0 Å². The summed E-state index contributed by atoms with van der Waals surface area (Å²) in [4.78, 5) is 16.5. The van der Waals surface area contributed by atoms with E-state index in [4.69, 9.17) is 4.42 Å². The maximum absolute atomic E-state index is 13.3. The van der Waals surface area contributed by atoms with Crippen LogP contribution in [0.3, 0.4) is 0 Å². The molecule has 0 saturated heterocycles. The minimum Gasteiger partial charge on any atom is -0.464 e. The van der Waals surface area contributed by atoms with Crippen LogP contribution < -0.4 is 5.32 Å². The highest BCUT2D eigenvalue weighted by atomic mass is 19.4. The molecule has 2 amide bonds. The topological polar surface area (TPSA) is 66.5 Å². The maximum atomic E-state index is 13.3. The zero-order valence-corrected chi connectivity index (χ0v) is 17.5. The number of hydrogen-bond donors (Lipinski definition) is 1. The summed E-state index contributed by atoms with van der Waals surface area (Å²) in [6, 6.07) is 7.82. The number of benzene rings is 1. The van der Waals surface area contributed by atoms with Gasteiger partial charge in [0.05, 0.1) is 23.5 Å². The monoisotopic (exact) mass is 435 g/mol. The lowest BCUT2D eigenvalue weighted by Gasteiger charge is -2.25. The van der Waals surface area contributed by atoms with Gasteiger partial charge in [0, 0.05) is 25.5 Å². The number of alkyl halides is 3. The Morgan fingerprint density at radius 3 is 2.55 bits per heavy atom. The number of aromatic nitrogens is 2. The molecular weight excluding hydrogens is 411 g/mol. The molecule has 0 aliphatic rings. The van der Waals surface area contributed by atoms with Crippen molar-refractivity contribution in [3.05, 3.63) is 65.9 Å². The molecule has 10 heteroatoms. The standard InChI is InChI=1S/C21H24F3N5O2/c1-15-5-7-17(31-15)14-28(12-11-27(2)3)20(30)26-18-13-16(21(22,23)24)6-8-19(18)29-10-4-9-25-29/h4-10,13H,11-12,14H2,1-3H3,(H,26,30). The molecule has 0 aliphatic heterocycles. The van der Waals surface area contributed by atoms with Crippen molar-refractivity contribution in [2.24, 2.45) is 0 Å². The van der Waals surface area contributed by atoms with Crippen LogP contribution in [0.1, 0.15) is 17.1 Å². The molecule has 3 rings (SSSR count). The van der Waals surface area contributed by atoms with Gasteiger partial charge in [-0.25, -0.2) is 9.48 Å². The second-order valence-electron chi connectivity index (χ2n) is 7.35. The Bertz CT molecular complexity index is 1010. The molecule has 0 bridgehead atoms. The van der Waals surface area contributed by atoms with Gasteiger partial charge in [0.25, 0.3) is 0 Å². The second-order valence-corrected chi connectivity index (χ2v) is 7.35. The number of likely N-dealkylation sites (N-methyl/N-ethyl adjacent to an activating group) is 1. The molecule has 0 saturated carbocycles. The third kappa shape index (κ3) is 5.88. The number of carbonyl (C=O) groups excluding carboxylic acids is 1. The highest BCUT2D eigenvalue weighted by Crippen LogP contribution is 2.33. The molecule has 31 heavy (non-hydrogen) atoms. The number of carbonyl (C=O) groups is 1. The van der Waals surface area contributed by atoms with Crippen LogP contribution in [-0.4, -0.2) is 52.8 Å². The first-order valence-electron chi connectivity index (χ1n) is 9.60. The number of anilines is 1. The van der Waals surface area contributed by atoms with Crippen LogP contribution in [-0.2, 0) is 12.7 Å². The first kappa shape index (κ1) is 22.4. The average Bonchev–Trinajstić information content (AvgIpc) is 3.36. The van der Waals surface area contributed by atoms with Crippen LogP contribution in [0, 0.1) is 6.92 Å². The van der Waals surface area contributed by atoms with Crippen molar-refractivity contribution >= 4 is 11.7 Å². The summed E-state index contributed by atoms with van der Waals surface area (Å²) >= 11 is 0. The zero-order valence-electron chi connectivity index (χ0n) is 17.5. The lowest BCUT2D eigenvalue weighted by atomic mass is 10.1. The largest absolute Gasteiger partial charge is 0.464 e. The molecule has 7 nitrogen and oxygen atoms in total. The molecule has 0 atom stereocenters. The van der Waals surface area contributed by atoms with Gasteiger partial charge in [0.2, 0.25) is 0 Å². The number of nitrogens with one attached hydrogen (secondary N) is 1. The highest BCUT2D eigenvalue weighted by molar-refractivity contribution is 5.91. The number of nitrogens with zero attached hydrogens (tertiary/aromatic N) is 4. The number of aryl methyl sites for hydroxylation is 1. The van der Waals surface area contributed by atoms with Gasteiger partial charge in [-0.2, -0.15) is 18.3 Å². The van der Waals surface area contributed by atoms with Crippen LogP contribution in [0.4, 0.5) is 23.7 Å². The molecule has 1 aromatic carbocycles. The van der Waals surface area contributed by atoms with Crippen molar-refractivity contribution in [2.75, 3.05) is 32.5 Å². The van der Waals surface area contributed by atoms with E-state index in [2.05, 4.69) is 10.4 Å². The van der Waals surface area contributed by atoms with Gasteiger partial charge in [0.15, 0.2) is 0 Å². The summed E-state index contributed by atoms with van der Waals surface area (Å²) in [6.07, 6.45) is -1.45. The fraction of sp³-hybridized carbons (Fsp3) is 0.333. The summed E-state index contributed by atoms with van der Waals surface area (Å²) in [5, 5.41) is 6.70. The Labute approximate surface area is 178 Å². The van der Waals surface area contributed by atoms with E-state index in [1.165, 1.54) is 21.8 Å². The Hall–Kier alpha value is -3.27. The lowest BCUT2D eigenvalue weighted by molar-refractivity contribution is -0.137. The SMILES string of the molecule is Cc1ccc(CN(CCN(C)C)C(=O)Nc2cc(C(F)(F)F)ccc2-n2cccn2)o1. The van der Waals surface area contributed by atoms with Gasteiger partial charge in [-0.1, -0.05) is 0 Å². The first-order chi connectivity index (χ1) is 14.6. The van der Waals surface area contributed by atoms with Gasteiger partial charge in [-0.3, -0.25) is 0 Å². The second kappa shape index (κ2) is 9.25. The molecule has 0 unspecified atom stereocenters. The molecule has 3 aromatic rings. The van der Waals surface area contributed by atoms with Crippen molar-refractivity contribution in [2.45, 2.75) is 19.6 Å². The molecule has 166 valence electrons. The summed E-state index contributed by atoms with van der Waals surface area (Å²) in [5.74, 6) is 1.30. The van der Waals surface area contributed by atoms with E-state index in [1.807, 2.05) is 19.0 Å². The summed E-state index contributed by atoms with van der Waals surface area (Å²) in [6.45, 7) is 2.91. The van der Waals surface area contributed by atoms with Crippen LogP contribution in [0.2, 0.25) is 0 Å². The van der Waals surface area contributed by atoms with Gasteiger partial charge < -0.3 is 19.5 Å². The Morgan fingerprint density at radius 2 is 1.97 bits per heavy atom. The first-order valence-corrected chi connectivity index (χ1v) is 9.60. The lowest BCUT2D eigenvalue weighted by Crippen LogP contribution is -2.39. The molecule has 1 N–H and O–H groups in total. The summed E-state index contributed by atoms with van der Waals surface area (Å²) < 4.78 is 46.8. The van der Waals surface area contributed by atoms with E-state index in [0.717, 1.165) is 12.1 Å². The van der Waals surface area contributed by atoms with E-state index >= 15 is 0 Å². The van der Waals surface area contributed by atoms with E-state index in [0.29, 0.717) is 30.3 Å². The summed E-state index contributed by atoms with van der Waals surface area (Å²) in [7, 11) is 3.74. The molecule has 2 heterocycles. The van der Waals surface area contributed by atoms with Crippen molar-refractivity contribution < 1.29 is 22.4 Å². The smallest absolute Gasteiger partial charge is 0.416 e. The minimum absolute atomic E-state index is 0.00834. The van der Waals surface area contributed by atoms with Crippen molar-refractivity contribution in [3.8, 4) is 5.69 Å². The Kier molecular flexibility index (Phi) is 6.69.